The van der Waals surface area contributed by atoms with E-state index in [-0.39, 0.29) is 12.3 Å². The zero-order valence-electron chi connectivity index (χ0n) is 14.3. The van der Waals surface area contributed by atoms with Crippen LogP contribution in [0.1, 0.15) is 33.5 Å². The number of aromatic nitrogens is 1. The van der Waals surface area contributed by atoms with Gasteiger partial charge in [0.25, 0.3) is 0 Å². The summed E-state index contributed by atoms with van der Waals surface area (Å²) in [7, 11) is 0. The van der Waals surface area contributed by atoms with Gasteiger partial charge in [0.05, 0.1) is 17.9 Å². The predicted molar refractivity (Wildman–Crippen MR) is 98.8 cm³/mol. The number of carbonyl (C=O) groups is 2. The summed E-state index contributed by atoms with van der Waals surface area (Å²) in [6.07, 6.45) is 0. The Morgan fingerprint density at radius 2 is 1.73 bits per heavy atom. The van der Waals surface area contributed by atoms with Crippen LogP contribution in [0.3, 0.4) is 0 Å². The molecule has 6 heteroatoms. The summed E-state index contributed by atoms with van der Waals surface area (Å²) in [6, 6.07) is 13.7. The van der Waals surface area contributed by atoms with E-state index < -0.39 is 11.9 Å². The Kier molecular flexibility index (Phi) is 5.19. The molecule has 0 saturated carbocycles. The van der Waals surface area contributed by atoms with Crippen molar-refractivity contribution < 1.29 is 19.1 Å². The number of hydrogen-bond donors (Lipinski definition) is 0. The first-order chi connectivity index (χ1) is 12.5. The second-order valence-corrected chi connectivity index (χ2v) is 5.94. The van der Waals surface area contributed by atoms with Crippen LogP contribution in [0.25, 0.3) is 10.8 Å². The maximum atomic E-state index is 12.5. The summed E-state index contributed by atoms with van der Waals surface area (Å²) in [4.78, 5) is 28.5. The Hall–Kier alpha value is -2.92. The Balaban J connectivity index is 1.88. The number of halogens is 1. The van der Waals surface area contributed by atoms with Crippen molar-refractivity contribution in [3.8, 4) is 5.75 Å². The van der Waals surface area contributed by atoms with Crippen LogP contribution in [0.4, 0.5) is 0 Å². The number of pyridine rings is 1. The fraction of sp³-hybridized carbons (Fsp3) is 0.150. The number of nitrogens with zero attached hydrogens (tertiary/aromatic N) is 1. The molecule has 0 unspecified atom stereocenters. The molecule has 0 radical (unpaired) electrons. The number of esters is 2. The first-order valence-corrected chi connectivity index (χ1v) is 8.43. The lowest BCUT2D eigenvalue weighted by Crippen LogP contribution is -2.14. The Morgan fingerprint density at radius 3 is 2.42 bits per heavy atom. The highest BCUT2D eigenvalue weighted by molar-refractivity contribution is 6.35. The van der Waals surface area contributed by atoms with Crippen LogP contribution >= 0.6 is 11.6 Å². The lowest BCUT2D eigenvalue weighted by atomic mass is 10.1. The molecule has 0 aliphatic rings. The number of carbonyl (C=O) groups excluding carboxylic acids is 2. The molecule has 0 atom stereocenters. The van der Waals surface area contributed by atoms with E-state index in [9.17, 15) is 9.59 Å². The molecule has 0 N–H and O–H groups in total. The molecule has 1 aromatic heterocycles. The summed E-state index contributed by atoms with van der Waals surface area (Å²) in [6.45, 7) is 3.63. The third-order valence-corrected chi connectivity index (χ3v) is 4.15. The maximum Gasteiger partial charge on any atom is 0.362 e. The van der Waals surface area contributed by atoms with E-state index in [1.165, 1.54) is 12.1 Å². The minimum atomic E-state index is -0.615. The molecule has 0 aliphatic carbocycles. The van der Waals surface area contributed by atoms with Crippen LogP contribution in [-0.4, -0.2) is 23.5 Å². The number of hydrogen-bond acceptors (Lipinski definition) is 5. The topological polar surface area (TPSA) is 65.5 Å². The van der Waals surface area contributed by atoms with E-state index in [4.69, 9.17) is 21.1 Å². The van der Waals surface area contributed by atoms with Crippen LogP contribution in [0.15, 0.2) is 48.5 Å². The van der Waals surface area contributed by atoms with Gasteiger partial charge in [-0.15, -0.1) is 0 Å². The molecule has 26 heavy (non-hydrogen) atoms. The zero-order chi connectivity index (χ0) is 18.7. The van der Waals surface area contributed by atoms with Crippen LogP contribution < -0.4 is 4.74 Å². The number of rotatable bonds is 4. The second-order valence-electron chi connectivity index (χ2n) is 5.53. The summed E-state index contributed by atoms with van der Waals surface area (Å²) in [5, 5.41) is 2.10. The lowest BCUT2D eigenvalue weighted by Gasteiger charge is -2.10. The summed E-state index contributed by atoms with van der Waals surface area (Å²) >= 11 is 6.18. The molecule has 0 aliphatic heterocycles. The smallest absolute Gasteiger partial charge is 0.362 e. The highest BCUT2D eigenvalue weighted by Crippen LogP contribution is 2.31. The normalized spacial score (nSPS) is 10.6. The Morgan fingerprint density at radius 1 is 1.00 bits per heavy atom. The molecule has 3 aromatic rings. The number of aryl methyl sites for hydroxylation is 1. The second kappa shape index (κ2) is 7.54. The van der Waals surface area contributed by atoms with Crippen molar-refractivity contribution in [2.24, 2.45) is 0 Å². The van der Waals surface area contributed by atoms with Crippen LogP contribution in [0.5, 0.6) is 5.75 Å². The summed E-state index contributed by atoms with van der Waals surface area (Å²) in [5.41, 5.74) is 0.828. The van der Waals surface area contributed by atoms with E-state index in [1.807, 2.05) is 24.3 Å². The molecule has 132 valence electrons. The SMILES string of the molecule is CCOC(=O)c1ccc(C(=O)Oc2ccc(Cl)c3ccccc23)nc1C. The Bertz CT molecular complexity index is 1000. The number of fused-ring (bicyclic) bond motifs is 1. The van der Waals surface area contributed by atoms with Gasteiger partial charge in [-0.25, -0.2) is 14.6 Å². The highest BCUT2D eigenvalue weighted by Gasteiger charge is 2.17. The maximum absolute atomic E-state index is 12.5. The van der Waals surface area contributed by atoms with E-state index in [2.05, 4.69) is 4.98 Å². The molecular weight excluding hydrogens is 354 g/mol. The number of ether oxygens (including phenoxy) is 2. The van der Waals surface area contributed by atoms with Gasteiger partial charge in [-0.1, -0.05) is 35.9 Å². The van der Waals surface area contributed by atoms with Crippen molar-refractivity contribution in [2.45, 2.75) is 13.8 Å². The molecule has 1 heterocycles. The van der Waals surface area contributed by atoms with Gasteiger partial charge in [-0.05, 0) is 38.1 Å². The van der Waals surface area contributed by atoms with E-state index in [0.717, 1.165) is 10.8 Å². The Labute approximate surface area is 155 Å². The minimum absolute atomic E-state index is 0.106. The quantitative estimate of drug-likeness (QED) is 0.497. The third-order valence-electron chi connectivity index (χ3n) is 3.82. The molecule has 0 spiro atoms. The van der Waals surface area contributed by atoms with Crippen molar-refractivity contribution in [2.75, 3.05) is 6.61 Å². The van der Waals surface area contributed by atoms with E-state index >= 15 is 0 Å². The minimum Gasteiger partial charge on any atom is -0.462 e. The first kappa shape index (κ1) is 17.9. The zero-order valence-corrected chi connectivity index (χ0v) is 15.0. The van der Waals surface area contributed by atoms with Crippen LogP contribution in [0, 0.1) is 6.92 Å². The summed E-state index contributed by atoms with van der Waals surface area (Å²) in [5.74, 6) is -0.694. The molecule has 0 bridgehead atoms. The van der Waals surface area contributed by atoms with Crippen molar-refractivity contribution in [3.05, 3.63) is 70.5 Å². The third kappa shape index (κ3) is 3.53. The van der Waals surface area contributed by atoms with Gasteiger partial charge in [-0.2, -0.15) is 0 Å². The largest absolute Gasteiger partial charge is 0.462 e. The average Bonchev–Trinajstić information content (AvgIpc) is 2.64. The van der Waals surface area contributed by atoms with Gasteiger partial charge in [0.1, 0.15) is 11.4 Å². The molecule has 3 rings (SSSR count). The molecule has 2 aromatic carbocycles. The van der Waals surface area contributed by atoms with E-state index in [1.54, 1.807) is 26.0 Å². The molecule has 0 amide bonds. The van der Waals surface area contributed by atoms with Crippen molar-refractivity contribution >= 4 is 34.3 Å². The molecule has 5 nitrogen and oxygen atoms in total. The van der Waals surface area contributed by atoms with Gasteiger partial charge >= 0.3 is 11.9 Å². The lowest BCUT2D eigenvalue weighted by molar-refractivity contribution is 0.0523. The molecule has 0 fully saturated rings. The summed E-state index contributed by atoms with van der Waals surface area (Å²) < 4.78 is 10.5. The van der Waals surface area contributed by atoms with Gasteiger partial charge in [-0.3, -0.25) is 0 Å². The average molecular weight is 370 g/mol. The fourth-order valence-electron chi connectivity index (χ4n) is 2.58. The first-order valence-electron chi connectivity index (χ1n) is 8.05. The molecule has 0 saturated heterocycles. The van der Waals surface area contributed by atoms with Crippen LogP contribution in [0.2, 0.25) is 5.02 Å². The van der Waals surface area contributed by atoms with E-state index in [0.29, 0.717) is 22.0 Å². The molecular formula is C20H16ClNO4. The monoisotopic (exact) mass is 369 g/mol. The van der Waals surface area contributed by atoms with Gasteiger partial charge in [0, 0.05) is 15.8 Å². The van der Waals surface area contributed by atoms with Gasteiger partial charge in [0.15, 0.2) is 0 Å². The highest BCUT2D eigenvalue weighted by atomic mass is 35.5. The van der Waals surface area contributed by atoms with Gasteiger partial charge < -0.3 is 9.47 Å². The van der Waals surface area contributed by atoms with Crippen LogP contribution in [-0.2, 0) is 4.74 Å². The van der Waals surface area contributed by atoms with Crippen molar-refractivity contribution in [1.29, 1.82) is 0 Å². The van der Waals surface area contributed by atoms with Gasteiger partial charge in [0.2, 0.25) is 0 Å². The number of benzene rings is 2. The van der Waals surface area contributed by atoms with Crippen molar-refractivity contribution in [1.82, 2.24) is 4.98 Å². The standard InChI is InChI=1S/C20H16ClNO4/c1-3-25-19(23)13-8-10-17(22-12(13)2)20(24)26-18-11-9-16(21)14-6-4-5-7-15(14)18/h4-11H,3H2,1-2H3. The predicted octanol–water partition coefficient (Wildman–Crippen LogP) is 4.59. The fourth-order valence-corrected chi connectivity index (χ4v) is 2.80. The van der Waals surface area contributed by atoms with Crippen molar-refractivity contribution in [3.63, 3.8) is 0 Å².